The van der Waals surface area contributed by atoms with E-state index in [4.69, 9.17) is 5.11 Å². The van der Waals surface area contributed by atoms with Gasteiger partial charge in [-0.3, -0.25) is 9.79 Å². The van der Waals surface area contributed by atoms with Gasteiger partial charge < -0.3 is 10.4 Å². The molecule has 1 aliphatic heterocycles. The number of carbonyl (C=O) groups is 2. The number of aliphatic carboxylic acids is 1. The van der Waals surface area contributed by atoms with E-state index < -0.39 is 12.0 Å². The highest BCUT2D eigenvalue weighted by Crippen LogP contribution is 2.00. The molecule has 14 heavy (non-hydrogen) atoms. The molecule has 6 heteroatoms. The molecule has 1 amide bonds. The normalized spacial score (nSPS) is 16.2. The van der Waals surface area contributed by atoms with E-state index in [-0.39, 0.29) is 12.3 Å². The summed E-state index contributed by atoms with van der Waals surface area (Å²) in [5, 5.41) is 11.1. The van der Waals surface area contributed by atoms with Gasteiger partial charge in [0.1, 0.15) is 12.4 Å². The molecule has 0 aliphatic carbocycles. The van der Waals surface area contributed by atoms with Crippen LogP contribution in [0.2, 0.25) is 0 Å². The Kier molecular flexibility index (Phi) is 3.33. The second-order valence-electron chi connectivity index (χ2n) is 2.95. The van der Waals surface area contributed by atoms with Crippen molar-refractivity contribution >= 4 is 23.9 Å². The van der Waals surface area contributed by atoms with Crippen molar-refractivity contribution in [2.45, 2.75) is 19.4 Å². The van der Waals surface area contributed by atoms with Crippen LogP contribution in [0.15, 0.2) is 9.98 Å². The first kappa shape index (κ1) is 10.4. The number of nitrogens with one attached hydrogen (secondary N) is 1. The number of hydrogen-bond donors (Lipinski definition) is 2. The van der Waals surface area contributed by atoms with Crippen molar-refractivity contribution in [1.29, 1.82) is 0 Å². The van der Waals surface area contributed by atoms with Crippen molar-refractivity contribution in [2.24, 2.45) is 9.98 Å². The van der Waals surface area contributed by atoms with Crippen molar-refractivity contribution in [2.75, 3.05) is 6.54 Å². The molecule has 1 heterocycles. The molecular weight excluding hydrogens is 186 g/mol. The smallest absolute Gasteiger partial charge is 0.326 e. The standard InChI is InChI=1S/C8H11N3O3/c1-5(12)11-7(8(13)14)2-6-3-9-4-10-6/h4,7H,2-3H2,1H3,(H,11,12)(H,13,14)/t7-/m0/s1. The van der Waals surface area contributed by atoms with E-state index >= 15 is 0 Å². The molecule has 6 nitrogen and oxygen atoms in total. The Morgan fingerprint density at radius 3 is 2.86 bits per heavy atom. The zero-order valence-electron chi connectivity index (χ0n) is 7.73. The Hall–Kier alpha value is -1.72. The molecule has 1 aliphatic rings. The van der Waals surface area contributed by atoms with Gasteiger partial charge in [-0.15, -0.1) is 0 Å². The molecular formula is C8H11N3O3. The summed E-state index contributed by atoms with van der Waals surface area (Å²) in [6, 6.07) is -0.909. The van der Waals surface area contributed by atoms with E-state index in [0.717, 1.165) is 0 Å². The van der Waals surface area contributed by atoms with Crippen molar-refractivity contribution in [1.82, 2.24) is 5.32 Å². The van der Waals surface area contributed by atoms with Gasteiger partial charge in [0, 0.05) is 19.1 Å². The van der Waals surface area contributed by atoms with Crippen LogP contribution in [0.4, 0.5) is 0 Å². The summed E-state index contributed by atoms with van der Waals surface area (Å²) in [5.41, 5.74) is 0.672. The van der Waals surface area contributed by atoms with E-state index in [0.29, 0.717) is 12.3 Å². The van der Waals surface area contributed by atoms with Crippen LogP contribution in [-0.2, 0) is 9.59 Å². The fourth-order valence-electron chi connectivity index (χ4n) is 1.11. The van der Waals surface area contributed by atoms with Gasteiger partial charge in [0.25, 0.3) is 0 Å². The average Bonchev–Trinajstić information content (AvgIpc) is 2.54. The van der Waals surface area contributed by atoms with E-state index in [1.165, 1.54) is 13.3 Å². The number of carboxylic acid groups (broad SMARTS) is 1. The van der Waals surface area contributed by atoms with Crippen molar-refractivity contribution < 1.29 is 14.7 Å². The maximum atomic E-state index is 10.7. The molecule has 0 spiro atoms. The highest BCUT2D eigenvalue weighted by Gasteiger charge is 2.21. The van der Waals surface area contributed by atoms with Crippen molar-refractivity contribution in [3.05, 3.63) is 0 Å². The van der Waals surface area contributed by atoms with Crippen LogP contribution in [-0.4, -0.2) is 41.6 Å². The fourth-order valence-corrected chi connectivity index (χ4v) is 1.11. The minimum atomic E-state index is -1.06. The SMILES string of the molecule is CC(=O)N[C@@H](CC1=NC=NC1)C(=O)O. The van der Waals surface area contributed by atoms with Gasteiger partial charge in [0.05, 0.1) is 6.54 Å². The molecule has 0 aromatic rings. The zero-order chi connectivity index (χ0) is 10.6. The Labute approximate surface area is 80.7 Å². The van der Waals surface area contributed by atoms with E-state index in [2.05, 4.69) is 15.3 Å². The molecule has 0 saturated heterocycles. The van der Waals surface area contributed by atoms with Gasteiger partial charge >= 0.3 is 5.97 Å². The molecule has 0 aromatic carbocycles. The van der Waals surface area contributed by atoms with Gasteiger partial charge in [-0.25, -0.2) is 9.79 Å². The molecule has 0 radical (unpaired) electrons. The first-order valence-corrected chi connectivity index (χ1v) is 4.13. The van der Waals surface area contributed by atoms with Gasteiger partial charge in [-0.05, 0) is 0 Å². The third-order valence-electron chi connectivity index (χ3n) is 1.71. The van der Waals surface area contributed by atoms with Crippen LogP contribution in [0.25, 0.3) is 0 Å². The Morgan fingerprint density at radius 1 is 1.71 bits per heavy atom. The van der Waals surface area contributed by atoms with Crippen molar-refractivity contribution in [3.63, 3.8) is 0 Å². The van der Waals surface area contributed by atoms with Crippen LogP contribution in [0.5, 0.6) is 0 Å². The number of rotatable bonds is 4. The first-order valence-electron chi connectivity index (χ1n) is 4.13. The number of carboxylic acids is 1. The number of nitrogens with zero attached hydrogens (tertiary/aromatic N) is 2. The van der Waals surface area contributed by atoms with E-state index in [1.807, 2.05) is 0 Å². The predicted octanol–water partition coefficient (Wildman–Crippen LogP) is -0.551. The summed E-state index contributed by atoms with van der Waals surface area (Å²) in [4.78, 5) is 29.1. The average molecular weight is 197 g/mol. The second-order valence-corrected chi connectivity index (χ2v) is 2.95. The van der Waals surface area contributed by atoms with E-state index in [9.17, 15) is 9.59 Å². The summed E-state index contributed by atoms with van der Waals surface area (Å²) in [7, 11) is 0. The number of aliphatic imine (C=N–C) groups is 2. The lowest BCUT2D eigenvalue weighted by Crippen LogP contribution is -2.41. The van der Waals surface area contributed by atoms with Gasteiger partial charge in [-0.1, -0.05) is 0 Å². The Bertz CT molecular complexity index is 309. The minimum Gasteiger partial charge on any atom is -0.480 e. The van der Waals surface area contributed by atoms with Crippen LogP contribution >= 0.6 is 0 Å². The minimum absolute atomic E-state index is 0.203. The quantitative estimate of drug-likeness (QED) is 0.633. The molecule has 0 saturated carbocycles. The lowest BCUT2D eigenvalue weighted by molar-refractivity contribution is -0.141. The van der Waals surface area contributed by atoms with Gasteiger partial charge in [-0.2, -0.15) is 0 Å². The van der Waals surface area contributed by atoms with Crippen LogP contribution in [0, 0.1) is 0 Å². The van der Waals surface area contributed by atoms with E-state index in [1.54, 1.807) is 0 Å². The van der Waals surface area contributed by atoms with Crippen LogP contribution in [0.3, 0.4) is 0 Å². The molecule has 0 bridgehead atoms. The molecule has 76 valence electrons. The molecule has 1 atom stereocenters. The monoisotopic (exact) mass is 197 g/mol. The molecule has 2 N–H and O–H groups in total. The lowest BCUT2D eigenvalue weighted by atomic mass is 10.1. The molecule has 0 fully saturated rings. The highest BCUT2D eigenvalue weighted by atomic mass is 16.4. The molecule has 0 unspecified atom stereocenters. The highest BCUT2D eigenvalue weighted by molar-refractivity contribution is 5.99. The maximum absolute atomic E-state index is 10.7. The summed E-state index contributed by atoms with van der Waals surface area (Å²) >= 11 is 0. The largest absolute Gasteiger partial charge is 0.480 e. The number of carbonyl (C=O) groups excluding carboxylic acids is 1. The summed E-state index contributed by atoms with van der Waals surface area (Å²) in [6.45, 7) is 1.70. The van der Waals surface area contributed by atoms with Crippen molar-refractivity contribution in [3.8, 4) is 0 Å². The van der Waals surface area contributed by atoms with Gasteiger partial charge in [0.15, 0.2) is 0 Å². The first-order chi connectivity index (χ1) is 6.59. The fraction of sp³-hybridized carbons (Fsp3) is 0.500. The Balaban J connectivity index is 2.51. The summed E-state index contributed by atoms with van der Waals surface area (Å²) in [5.74, 6) is -1.42. The number of hydrogen-bond acceptors (Lipinski definition) is 4. The zero-order valence-corrected chi connectivity index (χ0v) is 7.73. The molecule has 1 rings (SSSR count). The summed E-state index contributed by atoms with van der Waals surface area (Å²) < 4.78 is 0. The Morgan fingerprint density at radius 2 is 2.43 bits per heavy atom. The maximum Gasteiger partial charge on any atom is 0.326 e. The topological polar surface area (TPSA) is 91.1 Å². The van der Waals surface area contributed by atoms with Crippen LogP contribution < -0.4 is 5.32 Å². The van der Waals surface area contributed by atoms with Gasteiger partial charge in [0.2, 0.25) is 5.91 Å². The summed E-state index contributed by atoms with van der Waals surface area (Å²) in [6.07, 6.45) is 1.59. The van der Waals surface area contributed by atoms with Crippen LogP contribution in [0.1, 0.15) is 13.3 Å². The predicted molar refractivity (Wildman–Crippen MR) is 50.7 cm³/mol. The molecule has 0 aromatic heterocycles. The lowest BCUT2D eigenvalue weighted by Gasteiger charge is -2.12. The second kappa shape index (κ2) is 4.50. The third-order valence-corrected chi connectivity index (χ3v) is 1.71. The third kappa shape index (κ3) is 2.96. The number of amides is 1.